The number of hydrogen-bond acceptors (Lipinski definition) is 15. The number of rotatable bonds is 11. The molecule has 2 aliphatic heterocycles. The van der Waals surface area contributed by atoms with Crippen LogP contribution in [-0.4, -0.2) is 161 Å². The Morgan fingerprint density at radius 1 is 0.754 bits per heavy atom. The lowest BCUT2D eigenvalue weighted by Crippen LogP contribution is -2.63. The summed E-state index contributed by atoms with van der Waals surface area (Å²) in [5, 5.41) is 116. The summed E-state index contributed by atoms with van der Waals surface area (Å²) < 4.78 is 23.6. The van der Waals surface area contributed by atoms with E-state index in [1.165, 1.54) is 19.4 Å². The minimum atomic E-state index is -1.67. The zero-order valence-electron chi connectivity index (χ0n) is 34.9. The van der Waals surface area contributed by atoms with Crippen molar-refractivity contribution in [2.45, 2.75) is 192 Å². The summed E-state index contributed by atoms with van der Waals surface area (Å²) in [6.45, 7) is 15.2. The standard InChI is InChI=1S/C42H72O15/c1-19(27(44)32(49)35(52)39(4,5)53)20-13-14-42(8)25-11-9-21-22(40(25,6)15-16-41(20,42)7)10-12-26(38(21,2)3)57-37-34(51)31(48)29(46)24(56-37)18-54-36-33(50)30(47)28(45)23(17-43)55-36/h9,19-20,22-37,43-53H,10-18H2,1-8H3/t19-,20+,22-,23+,24+,25+,26+,27-,28+,29+,30-,31-,32+,33+,34+,35+,36+,37-,40+,41+,42-/m0/s1. The minimum absolute atomic E-state index is 0.0258. The van der Waals surface area contributed by atoms with Gasteiger partial charge in [-0.25, -0.2) is 0 Å². The first-order valence-electron chi connectivity index (χ1n) is 21.1. The Labute approximate surface area is 336 Å². The van der Waals surface area contributed by atoms with Crippen LogP contribution in [0.15, 0.2) is 11.6 Å². The van der Waals surface area contributed by atoms with Crippen molar-refractivity contribution in [1.82, 2.24) is 0 Å². The molecule has 21 atom stereocenters. The molecule has 0 bridgehead atoms. The second-order valence-corrected chi connectivity index (χ2v) is 20.4. The topological polar surface area (TPSA) is 259 Å². The summed E-state index contributed by atoms with van der Waals surface area (Å²) in [4.78, 5) is 0. The second-order valence-electron chi connectivity index (χ2n) is 20.4. The van der Waals surface area contributed by atoms with Gasteiger partial charge in [0, 0.05) is 5.41 Å². The summed E-state index contributed by atoms with van der Waals surface area (Å²) in [5.41, 5.74) is -0.959. The average Bonchev–Trinajstić information content (AvgIpc) is 3.43. The van der Waals surface area contributed by atoms with Crippen LogP contribution in [0.1, 0.15) is 100 Å². The molecule has 0 amide bonds. The van der Waals surface area contributed by atoms with Gasteiger partial charge >= 0.3 is 0 Å². The zero-order valence-corrected chi connectivity index (χ0v) is 34.9. The predicted octanol–water partition coefficient (Wildman–Crippen LogP) is 0.0906. The third-order valence-electron chi connectivity index (χ3n) is 16.7. The highest BCUT2D eigenvalue weighted by atomic mass is 16.7. The van der Waals surface area contributed by atoms with Gasteiger partial charge in [0.2, 0.25) is 0 Å². The van der Waals surface area contributed by atoms with E-state index < -0.39 is 110 Å². The maximum atomic E-state index is 11.4. The van der Waals surface area contributed by atoms with E-state index in [0.717, 1.165) is 38.5 Å². The normalized spacial score (nSPS) is 49.5. The van der Waals surface area contributed by atoms with E-state index in [2.05, 4.69) is 40.7 Å². The van der Waals surface area contributed by atoms with Gasteiger partial charge < -0.3 is 75.1 Å². The summed E-state index contributed by atoms with van der Waals surface area (Å²) in [6, 6.07) is 0. The van der Waals surface area contributed by atoms with E-state index in [9.17, 15) is 56.2 Å². The molecule has 330 valence electrons. The largest absolute Gasteiger partial charge is 0.394 e. The molecule has 0 aromatic rings. The van der Waals surface area contributed by atoms with Gasteiger partial charge in [0.1, 0.15) is 61.0 Å². The molecule has 0 radical (unpaired) electrons. The van der Waals surface area contributed by atoms with E-state index in [0.29, 0.717) is 12.3 Å². The van der Waals surface area contributed by atoms with Crippen molar-refractivity contribution < 1.29 is 75.1 Å². The van der Waals surface area contributed by atoms with E-state index in [4.69, 9.17) is 18.9 Å². The maximum absolute atomic E-state index is 11.4. The Bertz CT molecular complexity index is 1440. The second kappa shape index (κ2) is 16.1. The maximum Gasteiger partial charge on any atom is 0.187 e. The molecule has 0 aromatic heterocycles. The monoisotopic (exact) mass is 816 g/mol. The summed E-state index contributed by atoms with van der Waals surface area (Å²) in [6.07, 6.45) is -11.0. The fourth-order valence-electron chi connectivity index (χ4n) is 12.7. The Kier molecular flexibility index (Phi) is 12.9. The van der Waals surface area contributed by atoms with E-state index in [1.54, 1.807) is 0 Å². The van der Waals surface area contributed by atoms with E-state index >= 15 is 0 Å². The Balaban J connectivity index is 1.15. The van der Waals surface area contributed by atoms with Gasteiger partial charge in [-0.05, 0) is 98.7 Å². The van der Waals surface area contributed by atoms with Crippen LogP contribution in [0.25, 0.3) is 0 Å². The fourth-order valence-corrected chi connectivity index (χ4v) is 12.7. The molecule has 6 aliphatic rings. The molecule has 11 N–H and O–H groups in total. The number of aliphatic hydroxyl groups is 11. The third kappa shape index (κ3) is 7.49. The van der Waals surface area contributed by atoms with E-state index in [-0.39, 0.29) is 34.0 Å². The van der Waals surface area contributed by atoms with Crippen LogP contribution >= 0.6 is 0 Å². The first-order valence-corrected chi connectivity index (χ1v) is 21.1. The van der Waals surface area contributed by atoms with Crippen LogP contribution in [0, 0.1) is 45.3 Å². The van der Waals surface area contributed by atoms with Gasteiger partial charge in [-0.1, -0.05) is 53.2 Å². The lowest BCUT2D eigenvalue weighted by atomic mass is 9.39. The summed E-state index contributed by atoms with van der Waals surface area (Å²) in [5.74, 6) is 0.434. The predicted molar refractivity (Wildman–Crippen MR) is 204 cm³/mol. The molecule has 0 aromatic carbocycles. The van der Waals surface area contributed by atoms with Crippen LogP contribution in [-0.2, 0) is 18.9 Å². The molecular weight excluding hydrogens is 744 g/mol. The summed E-state index contributed by atoms with van der Waals surface area (Å²) in [7, 11) is 0. The smallest absolute Gasteiger partial charge is 0.187 e. The zero-order chi connectivity index (χ0) is 42.4. The fraction of sp³-hybridized carbons (Fsp3) is 0.952. The van der Waals surface area contributed by atoms with Gasteiger partial charge in [-0.2, -0.15) is 0 Å². The quantitative estimate of drug-likeness (QED) is 0.124. The van der Waals surface area contributed by atoms with Gasteiger partial charge in [0.15, 0.2) is 12.6 Å². The Hall–Kier alpha value is -0.860. The first-order chi connectivity index (χ1) is 26.4. The summed E-state index contributed by atoms with van der Waals surface area (Å²) >= 11 is 0. The van der Waals surface area contributed by atoms with Crippen molar-refractivity contribution in [3.8, 4) is 0 Å². The minimum Gasteiger partial charge on any atom is -0.394 e. The van der Waals surface area contributed by atoms with Crippen molar-refractivity contribution in [3.63, 3.8) is 0 Å². The molecule has 2 heterocycles. The third-order valence-corrected chi connectivity index (χ3v) is 16.7. The van der Waals surface area contributed by atoms with Crippen molar-refractivity contribution in [1.29, 1.82) is 0 Å². The van der Waals surface area contributed by atoms with Crippen LogP contribution < -0.4 is 0 Å². The lowest BCUT2D eigenvalue weighted by Gasteiger charge is -2.66. The average molecular weight is 817 g/mol. The number of allylic oxidation sites excluding steroid dienone is 1. The Morgan fingerprint density at radius 3 is 1.96 bits per heavy atom. The van der Waals surface area contributed by atoms with Crippen molar-refractivity contribution in [3.05, 3.63) is 11.6 Å². The number of fused-ring (bicyclic) bond motifs is 5. The van der Waals surface area contributed by atoms with Crippen molar-refractivity contribution in [2.24, 2.45) is 45.3 Å². The van der Waals surface area contributed by atoms with Crippen molar-refractivity contribution >= 4 is 0 Å². The molecule has 4 aliphatic carbocycles. The van der Waals surface area contributed by atoms with Crippen molar-refractivity contribution in [2.75, 3.05) is 13.2 Å². The van der Waals surface area contributed by atoms with Gasteiger partial charge in [0.05, 0.1) is 31.0 Å². The molecule has 5 fully saturated rings. The molecule has 57 heavy (non-hydrogen) atoms. The number of aliphatic hydroxyl groups excluding tert-OH is 10. The number of hydrogen-bond donors (Lipinski definition) is 11. The van der Waals surface area contributed by atoms with Gasteiger partial charge in [-0.3, -0.25) is 0 Å². The highest BCUT2D eigenvalue weighted by Crippen LogP contribution is 2.75. The van der Waals surface area contributed by atoms with Gasteiger partial charge in [-0.15, -0.1) is 0 Å². The molecule has 3 saturated carbocycles. The molecule has 0 unspecified atom stereocenters. The van der Waals surface area contributed by atoms with E-state index in [1.807, 2.05) is 6.92 Å². The molecule has 0 spiro atoms. The number of ether oxygens (including phenoxy) is 4. The molecular formula is C42H72O15. The van der Waals surface area contributed by atoms with Crippen LogP contribution in [0.3, 0.4) is 0 Å². The molecule has 2 saturated heterocycles. The molecule has 15 nitrogen and oxygen atoms in total. The molecule has 6 rings (SSSR count). The van der Waals surface area contributed by atoms with Crippen LogP contribution in [0.5, 0.6) is 0 Å². The van der Waals surface area contributed by atoms with Crippen LogP contribution in [0.2, 0.25) is 0 Å². The Morgan fingerprint density at radius 2 is 1.35 bits per heavy atom. The van der Waals surface area contributed by atoms with Crippen LogP contribution in [0.4, 0.5) is 0 Å². The van der Waals surface area contributed by atoms with Gasteiger partial charge in [0.25, 0.3) is 0 Å². The highest BCUT2D eigenvalue weighted by molar-refractivity contribution is 5.30. The highest BCUT2D eigenvalue weighted by Gasteiger charge is 2.68. The SMILES string of the molecule is C[C@H]([C@H](O)[C@@H](O)[C@@H](O)C(C)(C)O)[C@H]1CC[C@@]2(C)[C@@H]3CC=C4[C@H](CC[C@@H](O[C@@H]5O[C@H](CO[C@@H]6O[C@H](CO)[C@@H](O)[C@H](O)[C@H]6O)[C@@H](O)[C@H](O)[C@H]5O)C4(C)C)[C@@]3(C)CC[C@]12C. The lowest BCUT2D eigenvalue weighted by molar-refractivity contribution is -0.340. The first kappa shape index (κ1) is 45.7. The molecule has 15 heteroatoms.